The van der Waals surface area contributed by atoms with E-state index in [1.54, 1.807) is 0 Å². The first-order valence-corrected chi connectivity index (χ1v) is 9.10. The van der Waals surface area contributed by atoms with E-state index in [9.17, 15) is 14.4 Å². The van der Waals surface area contributed by atoms with Crippen LogP contribution in [0.5, 0.6) is 0 Å². The number of benzene rings is 1. The van der Waals surface area contributed by atoms with Crippen molar-refractivity contribution >= 4 is 18.3 Å². The summed E-state index contributed by atoms with van der Waals surface area (Å²) >= 11 is 0. The van der Waals surface area contributed by atoms with E-state index >= 15 is 0 Å². The third kappa shape index (κ3) is 7.68. The molecule has 26 heavy (non-hydrogen) atoms. The van der Waals surface area contributed by atoms with Gasteiger partial charge in [0.05, 0.1) is 6.04 Å². The summed E-state index contributed by atoms with van der Waals surface area (Å²) in [5.74, 6) is -0.185. The van der Waals surface area contributed by atoms with Crippen molar-refractivity contribution in [2.45, 2.75) is 59.2 Å². The molecule has 0 aliphatic carbocycles. The Kier molecular flexibility index (Phi) is 9.41. The molecular weight excluding hydrogens is 332 g/mol. The van der Waals surface area contributed by atoms with Gasteiger partial charge < -0.3 is 20.2 Å². The fraction of sp³-hybridized carbons (Fsp3) is 0.550. The van der Waals surface area contributed by atoms with Crippen molar-refractivity contribution in [2.24, 2.45) is 11.8 Å². The van der Waals surface area contributed by atoms with Crippen molar-refractivity contribution in [3.8, 4) is 0 Å². The first-order chi connectivity index (χ1) is 12.4. The number of hydrogen-bond acceptors (Lipinski definition) is 4. The van der Waals surface area contributed by atoms with Gasteiger partial charge >= 0.3 is 6.09 Å². The average molecular weight is 362 g/mol. The molecule has 0 aliphatic heterocycles. The van der Waals surface area contributed by atoms with Crippen LogP contribution in [0, 0.1) is 11.8 Å². The lowest BCUT2D eigenvalue weighted by atomic mass is 9.97. The molecular formula is C20H30N2O4. The van der Waals surface area contributed by atoms with Gasteiger partial charge in [-0.05, 0) is 23.8 Å². The van der Waals surface area contributed by atoms with Crippen LogP contribution in [0.15, 0.2) is 30.3 Å². The quantitative estimate of drug-likeness (QED) is 0.627. The molecule has 0 fully saturated rings. The van der Waals surface area contributed by atoms with Crippen LogP contribution in [-0.4, -0.2) is 30.4 Å². The maximum atomic E-state index is 12.6. The van der Waals surface area contributed by atoms with E-state index in [4.69, 9.17) is 4.74 Å². The van der Waals surface area contributed by atoms with E-state index in [2.05, 4.69) is 10.6 Å². The zero-order valence-electron chi connectivity index (χ0n) is 16.0. The number of amides is 2. The summed E-state index contributed by atoms with van der Waals surface area (Å²) in [5.41, 5.74) is 0.866. The highest BCUT2D eigenvalue weighted by Crippen LogP contribution is 2.10. The minimum atomic E-state index is -0.752. The van der Waals surface area contributed by atoms with Crippen molar-refractivity contribution in [3.63, 3.8) is 0 Å². The fourth-order valence-electron chi connectivity index (χ4n) is 2.52. The van der Waals surface area contributed by atoms with Gasteiger partial charge in [-0.1, -0.05) is 64.4 Å². The second-order valence-corrected chi connectivity index (χ2v) is 6.95. The van der Waals surface area contributed by atoms with Gasteiger partial charge in [0.1, 0.15) is 18.9 Å². The number of carbonyl (C=O) groups excluding carboxylic acids is 3. The molecule has 1 rings (SSSR count). The molecule has 2 amide bonds. The molecule has 1 aromatic rings. The second-order valence-electron chi connectivity index (χ2n) is 6.95. The highest BCUT2D eigenvalue weighted by atomic mass is 16.5. The molecule has 0 bridgehead atoms. The molecule has 0 heterocycles. The smallest absolute Gasteiger partial charge is 0.408 e. The summed E-state index contributed by atoms with van der Waals surface area (Å²) in [5, 5.41) is 5.35. The van der Waals surface area contributed by atoms with Crippen LogP contribution in [0.1, 0.15) is 46.1 Å². The van der Waals surface area contributed by atoms with Gasteiger partial charge in [-0.15, -0.1) is 0 Å². The lowest BCUT2D eigenvalue weighted by Gasteiger charge is -2.25. The van der Waals surface area contributed by atoms with E-state index in [0.717, 1.165) is 11.8 Å². The molecule has 6 heteroatoms. The molecule has 6 nitrogen and oxygen atoms in total. The molecule has 0 saturated carbocycles. The summed E-state index contributed by atoms with van der Waals surface area (Å²) in [6, 6.07) is 8.00. The number of nitrogens with one attached hydrogen (secondary N) is 2. The van der Waals surface area contributed by atoms with Crippen LogP contribution < -0.4 is 10.6 Å². The number of alkyl carbamates (subject to hydrolysis) is 1. The Bertz CT molecular complexity index is 574. The molecule has 1 aromatic carbocycles. The predicted molar refractivity (Wildman–Crippen MR) is 100 cm³/mol. The van der Waals surface area contributed by atoms with Crippen molar-refractivity contribution in [2.75, 3.05) is 0 Å². The molecule has 0 aliphatic rings. The Balaban J connectivity index is 2.65. The van der Waals surface area contributed by atoms with Crippen molar-refractivity contribution in [1.82, 2.24) is 10.6 Å². The van der Waals surface area contributed by atoms with Gasteiger partial charge in [0, 0.05) is 0 Å². The SMILES string of the molecule is CC[C@H](C)[C@H](NC(=O)OCc1ccccc1)C(=O)N[C@@H](C=O)CC(C)C. The first-order valence-electron chi connectivity index (χ1n) is 9.10. The highest BCUT2D eigenvalue weighted by molar-refractivity contribution is 5.87. The number of hydrogen-bond donors (Lipinski definition) is 2. The van der Waals surface area contributed by atoms with Crippen LogP contribution in [0.4, 0.5) is 4.79 Å². The van der Waals surface area contributed by atoms with Gasteiger partial charge in [-0.3, -0.25) is 4.79 Å². The third-order valence-electron chi connectivity index (χ3n) is 4.20. The van der Waals surface area contributed by atoms with Crippen LogP contribution in [0.25, 0.3) is 0 Å². The van der Waals surface area contributed by atoms with Crippen molar-refractivity contribution in [3.05, 3.63) is 35.9 Å². The van der Waals surface area contributed by atoms with Crippen LogP contribution in [0.3, 0.4) is 0 Å². The topological polar surface area (TPSA) is 84.5 Å². The predicted octanol–water partition coefficient (Wildman–Crippen LogP) is 3.06. The zero-order chi connectivity index (χ0) is 19.5. The fourth-order valence-corrected chi connectivity index (χ4v) is 2.52. The van der Waals surface area contributed by atoms with Crippen molar-refractivity contribution in [1.29, 1.82) is 0 Å². The maximum absolute atomic E-state index is 12.6. The van der Waals surface area contributed by atoms with Crippen LogP contribution in [-0.2, 0) is 20.9 Å². The molecule has 0 spiro atoms. The normalized spacial score (nSPS) is 14.2. The molecule has 144 valence electrons. The molecule has 0 saturated heterocycles. The molecule has 0 unspecified atom stereocenters. The first kappa shape index (κ1) is 21.7. The number of ether oxygens (including phenoxy) is 1. The maximum Gasteiger partial charge on any atom is 0.408 e. The zero-order valence-corrected chi connectivity index (χ0v) is 16.0. The summed E-state index contributed by atoms with van der Waals surface area (Å²) < 4.78 is 5.20. The molecule has 2 N–H and O–H groups in total. The summed E-state index contributed by atoms with van der Waals surface area (Å²) in [4.78, 5) is 35.9. The van der Waals surface area contributed by atoms with Crippen LogP contribution >= 0.6 is 0 Å². The molecule has 0 aromatic heterocycles. The van der Waals surface area contributed by atoms with E-state index in [-0.39, 0.29) is 24.3 Å². The van der Waals surface area contributed by atoms with Crippen LogP contribution in [0.2, 0.25) is 0 Å². The Morgan fingerprint density at radius 3 is 2.31 bits per heavy atom. The minimum Gasteiger partial charge on any atom is -0.445 e. The number of aldehydes is 1. The van der Waals surface area contributed by atoms with Gasteiger partial charge in [0.15, 0.2) is 0 Å². The minimum absolute atomic E-state index is 0.0920. The number of rotatable bonds is 10. The highest BCUT2D eigenvalue weighted by Gasteiger charge is 2.28. The van der Waals surface area contributed by atoms with E-state index in [1.807, 2.05) is 58.0 Å². The lowest BCUT2D eigenvalue weighted by molar-refractivity contribution is -0.127. The van der Waals surface area contributed by atoms with Gasteiger partial charge in [0.2, 0.25) is 5.91 Å². The van der Waals surface area contributed by atoms with E-state index in [1.165, 1.54) is 0 Å². The lowest BCUT2D eigenvalue weighted by Crippen LogP contribution is -2.53. The monoisotopic (exact) mass is 362 g/mol. The summed E-state index contributed by atoms with van der Waals surface area (Å²) in [6.07, 6.45) is 1.34. The van der Waals surface area contributed by atoms with Gasteiger partial charge in [0.25, 0.3) is 0 Å². The Morgan fingerprint density at radius 1 is 1.12 bits per heavy atom. The van der Waals surface area contributed by atoms with E-state index in [0.29, 0.717) is 12.8 Å². The Morgan fingerprint density at radius 2 is 1.77 bits per heavy atom. The van der Waals surface area contributed by atoms with Gasteiger partial charge in [-0.2, -0.15) is 0 Å². The summed E-state index contributed by atoms with van der Waals surface area (Å²) in [6.45, 7) is 7.90. The Hall–Kier alpha value is -2.37. The number of carbonyl (C=O) groups is 3. The third-order valence-corrected chi connectivity index (χ3v) is 4.20. The average Bonchev–Trinajstić information content (AvgIpc) is 2.63. The largest absolute Gasteiger partial charge is 0.445 e. The van der Waals surface area contributed by atoms with E-state index < -0.39 is 18.2 Å². The Labute approximate surface area is 155 Å². The standard InChI is InChI=1S/C20H30N2O4/c1-5-15(4)18(19(24)21-17(12-23)11-14(2)3)22-20(25)26-13-16-9-7-6-8-10-16/h6-10,12,14-15,17-18H,5,11,13H2,1-4H3,(H,21,24)(H,22,25)/t15-,17+,18-/m0/s1. The van der Waals surface area contributed by atoms with Crippen molar-refractivity contribution < 1.29 is 19.1 Å². The molecule has 3 atom stereocenters. The second kappa shape index (κ2) is 11.3. The van der Waals surface area contributed by atoms with Gasteiger partial charge in [-0.25, -0.2) is 4.79 Å². The molecule has 0 radical (unpaired) electrons. The summed E-state index contributed by atoms with van der Waals surface area (Å²) in [7, 11) is 0.